The van der Waals surface area contributed by atoms with Crippen molar-refractivity contribution >= 4 is 21.6 Å². The van der Waals surface area contributed by atoms with Crippen molar-refractivity contribution in [2.24, 2.45) is 0 Å². The minimum Gasteiger partial charge on any atom is -0.497 e. The Morgan fingerprint density at radius 1 is 0.962 bits per heavy atom. The van der Waals surface area contributed by atoms with Crippen LogP contribution in [0.3, 0.4) is 0 Å². The molecule has 0 aliphatic carbocycles. The smallest absolute Gasteiger partial charge is 0.260 e. The molecule has 0 aliphatic heterocycles. The molecule has 2 aromatic heterocycles. The number of thiophene rings is 1. The van der Waals surface area contributed by atoms with E-state index in [1.807, 2.05) is 31.2 Å². The second-order valence-electron chi connectivity index (χ2n) is 6.22. The zero-order chi connectivity index (χ0) is 18.3. The third kappa shape index (κ3) is 2.80. The summed E-state index contributed by atoms with van der Waals surface area (Å²) in [6.07, 6.45) is 0. The van der Waals surface area contributed by atoms with Crippen molar-refractivity contribution in [3.05, 3.63) is 69.3 Å². The predicted octanol–water partition coefficient (Wildman–Crippen LogP) is 4.94. The summed E-state index contributed by atoms with van der Waals surface area (Å²) >= 11 is 1.55. The summed E-state index contributed by atoms with van der Waals surface area (Å²) in [5.41, 5.74) is 3.96. The standard InChI is InChI=1S/C21H18N2O2S/c1-12-4-6-14(7-5-12)17-13(2)26-21-18(17)20(24)22-19(23-21)15-8-10-16(25-3)11-9-15/h4-11H,1-3H3,(H,22,23,24). The van der Waals surface area contributed by atoms with Crippen LogP contribution < -0.4 is 10.3 Å². The van der Waals surface area contributed by atoms with Crippen molar-refractivity contribution in [2.75, 3.05) is 7.11 Å². The van der Waals surface area contributed by atoms with Crippen LogP contribution in [0.4, 0.5) is 0 Å². The topological polar surface area (TPSA) is 55.0 Å². The van der Waals surface area contributed by atoms with Crippen LogP contribution in [0, 0.1) is 13.8 Å². The Hall–Kier alpha value is -2.92. The molecule has 2 heterocycles. The van der Waals surface area contributed by atoms with Crippen molar-refractivity contribution < 1.29 is 4.74 Å². The number of hydrogen-bond donors (Lipinski definition) is 1. The first kappa shape index (κ1) is 16.5. The summed E-state index contributed by atoms with van der Waals surface area (Å²) in [7, 11) is 1.63. The zero-order valence-electron chi connectivity index (χ0n) is 14.8. The van der Waals surface area contributed by atoms with Crippen molar-refractivity contribution in [1.82, 2.24) is 9.97 Å². The maximum atomic E-state index is 12.9. The quantitative estimate of drug-likeness (QED) is 0.561. The lowest BCUT2D eigenvalue weighted by molar-refractivity contribution is 0.415. The maximum absolute atomic E-state index is 12.9. The number of fused-ring (bicyclic) bond motifs is 1. The molecule has 0 saturated carbocycles. The van der Waals surface area contributed by atoms with E-state index >= 15 is 0 Å². The molecule has 0 radical (unpaired) electrons. The number of aryl methyl sites for hydroxylation is 2. The SMILES string of the molecule is COc1ccc(-c2nc3sc(C)c(-c4ccc(C)cc4)c3c(=O)[nH]2)cc1. The molecule has 0 aliphatic rings. The molecule has 4 nitrogen and oxygen atoms in total. The highest BCUT2D eigenvalue weighted by Crippen LogP contribution is 2.36. The van der Waals surface area contributed by atoms with Gasteiger partial charge in [0.25, 0.3) is 5.56 Å². The molecule has 0 amide bonds. The van der Waals surface area contributed by atoms with Gasteiger partial charge >= 0.3 is 0 Å². The van der Waals surface area contributed by atoms with Gasteiger partial charge in [-0.25, -0.2) is 4.98 Å². The average Bonchev–Trinajstić information content (AvgIpc) is 2.99. The highest BCUT2D eigenvalue weighted by molar-refractivity contribution is 7.19. The van der Waals surface area contributed by atoms with Crippen LogP contribution in [0.2, 0.25) is 0 Å². The Morgan fingerprint density at radius 3 is 2.27 bits per heavy atom. The number of methoxy groups -OCH3 is 1. The zero-order valence-corrected chi connectivity index (χ0v) is 15.6. The van der Waals surface area contributed by atoms with Crippen LogP contribution in [0.1, 0.15) is 10.4 Å². The lowest BCUT2D eigenvalue weighted by atomic mass is 10.0. The minimum absolute atomic E-state index is 0.110. The number of nitrogens with one attached hydrogen (secondary N) is 1. The highest BCUT2D eigenvalue weighted by Gasteiger charge is 2.17. The molecule has 0 spiro atoms. The lowest BCUT2D eigenvalue weighted by Gasteiger charge is -2.05. The van der Waals surface area contributed by atoms with Crippen LogP contribution in [0.15, 0.2) is 53.3 Å². The summed E-state index contributed by atoms with van der Waals surface area (Å²) in [4.78, 5) is 22.4. The Bertz CT molecular complexity index is 1140. The van der Waals surface area contributed by atoms with E-state index < -0.39 is 0 Å². The van der Waals surface area contributed by atoms with Gasteiger partial charge < -0.3 is 9.72 Å². The number of H-pyrrole nitrogens is 1. The van der Waals surface area contributed by atoms with Crippen LogP contribution >= 0.6 is 11.3 Å². The molecule has 0 bridgehead atoms. The van der Waals surface area contributed by atoms with Gasteiger partial charge in [0, 0.05) is 16.0 Å². The summed E-state index contributed by atoms with van der Waals surface area (Å²) in [6, 6.07) is 15.7. The first-order valence-corrected chi connectivity index (χ1v) is 9.13. The fourth-order valence-corrected chi connectivity index (χ4v) is 4.12. The Balaban J connectivity index is 1.89. The molecule has 5 heteroatoms. The Labute approximate surface area is 155 Å². The van der Waals surface area contributed by atoms with Gasteiger partial charge in [0.1, 0.15) is 16.4 Å². The molecule has 26 heavy (non-hydrogen) atoms. The van der Waals surface area contributed by atoms with Crippen molar-refractivity contribution in [3.63, 3.8) is 0 Å². The molecule has 130 valence electrons. The van der Waals surface area contributed by atoms with E-state index in [4.69, 9.17) is 9.72 Å². The van der Waals surface area contributed by atoms with Gasteiger partial charge in [-0.3, -0.25) is 4.79 Å². The van der Waals surface area contributed by atoms with Gasteiger partial charge in [0.05, 0.1) is 12.5 Å². The van der Waals surface area contributed by atoms with Crippen LogP contribution in [0.25, 0.3) is 32.7 Å². The fraction of sp³-hybridized carbons (Fsp3) is 0.143. The summed E-state index contributed by atoms with van der Waals surface area (Å²) in [5, 5.41) is 0.661. The van der Waals surface area contributed by atoms with Gasteiger partial charge in [0.2, 0.25) is 0 Å². The van der Waals surface area contributed by atoms with Gasteiger partial charge in [-0.1, -0.05) is 29.8 Å². The van der Waals surface area contributed by atoms with E-state index in [1.54, 1.807) is 18.4 Å². The second kappa shape index (κ2) is 6.42. The molecule has 4 rings (SSSR count). The average molecular weight is 362 g/mol. The van der Waals surface area contributed by atoms with E-state index in [0.29, 0.717) is 11.2 Å². The van der Waals surface area contributed by atoms with Crippen molar-refractivity contribution in [3.8, 4) is 28.3 Å². The van der Waals surface area contributed by atoms with E-state index in [1.165, 1.54) is 5.56 Å². The number of benzene rings is 2. The van der Waals surface area contributed by atoms with Gasteiger partial charge in [-0.05, 0) is 43.7 Å². The summed E-state index contributed by atoms with van der Waals surface area (Å²) < 4.78 is 5.19. The molecule has 4 aromatic rings. The highest BCUT2D eigenvalue weighted by atomic mass is 32.1. The van der Waals surface area contributed by atoms with E-state index in [0.717, 1.165) is 32.1 Å². The molecule has 1 N–H and O–H groups in total. The molecule has 0 saturated heterocycles. The number of aromatic amines is 1. The number of rotatable bonds is 3. The monoisotopic (exact) mass is 362 g/mol. The molecule has 2 aromatic carbocycles. The number of nitrogens with zero attached hydrogens (tertiary/aromatic N) is 1. The van der Waals surface area contributed by atoms with E-state index in [-0.39, 0.29) is 5.56 Å². The second-order valence-corrected chi connectivity index (χ2v) is 7.43. The maximum Gasteiger partial charge on any atom is 0.260 e. The third-order valence-corrected chi connectivity index (χ3v) is 5.44. The summed E-state index contributed by atoms with van der Waals surface area (Å²) in [6.45, 7) is 4.09. The molecule has 0 unspecified atom stereocenters. The number of ether oxygens (including phenoxy) is 1. The van der Waals surface area contributed by atoms with Crippen LogP contribution in [-0.2, 0) is 0 Å². The van der Waals surface area contributed by atoms with Crippen molar-refractivity contribution in [1.29, 1.82) is 0 Å². The summed E-state index contributed by atoms with van der Waals surface area (Å²) in [5.74, 6) is 1.34. The molecule has 0 atom stereocenters. The molecule has 0 fully saturated rings. The first-order chi connectivity index (χ1) is 12.6. The van der Waals surface area contributed by atoms with Gasteiger partial charge in [-0.15, -0.1) is 11.3 Å². The number of aromatic nitrogens is 2. The van der Waals surface area contributed by atoms with E-state index in [2.05, 4.69) is 36.2 Å². The Kier molecular flexibility index (Phi) is 4.09. The fourth-order valence-electron chi connectivity index (χ4n) is 3.07. The minimum atomic E-state index is -0.110. The first-order valence-electron chi connectivity index (χ1n) is 8.31. The van der Waals surface area contributed by atoms with Crippen LogP contribution in [-0.4, -0.2) is 17.1 Å². The molecular weight excluding hydrogens is 344 g/mol. The third-order valence-electron chi connectivity index (χ3n) is 4.44. The Morgan fingerprint density at radius 2 is 1.62 bits per heavy atom. The van der Waals surface area contributed by atoms with Gasteiger partial charge in [-0.2, -0.15) is 0 Å². The van der Waals surface area contributed by atoms with Gasteiger partial charge in [0.15, 0.2) is 0 Å². The largest absolute Gasteiger partial charge is 0.497 e. The molecular formula is C21H18N2O2S. The van der Waals surface area contributed by atoms with E-state index in [9.17, 15) is 4.79 Å². The van der Waals surface area contributed by atoms with Crippen molar-refractivity contribution in [2.45, 2.75) is 13.8 Å². The lowest BCUT2D eigenvalue weighted by Crippen LogP contribution is -2.09. The normalized spacial score (nSPS) is 11.0. The predicted molar refractivity (Wildman–Crippen MR) is 107 cm³/mol. The van der Waals surface area contributed by atoms with Crippen LogP contribution in [0.5, 0.6) is 5.75 Å². The number of hydrogen-bond acceptors (Lipinski definition) is 4.